The first-order valence-corrected chi connectivity index (χ1v) is 8.58. The maximum atomic E-state index is 12.5. The van der Waals surface area contributed by atoms with Crippen LogP contribution in [-0.4, -0.2) is 36.6 Å². The molecule has 1 N–H and O–H groups in total. The van der Waals surface area contributed by atoms with Crippen molar-refractivity contribution >= 4 is 11.8 Å². The molecule has 0 fully saturated rings. The number of aryl methyl sites for hydroxylation is 1. The van der Waals surface area contributed by atoms with Crippen molar-refractivity contribution in [3.05, 3.63) is 77.1 Å². The van der Waals surface area contributed by atoms with E-state index in [1.807, 2.05) is 35.9 Å². The normalized spacial score (nSPS) is 11.9. The van der Waals surface area contributed by atoms with E-state index in [-0.39, 0.29) is 29.4 Å². The first-order valence-electron chi connectivity index (χ1n) is 8.58. The van der Waals surface area contributed by atoms with Crippen LogP contribution in [0, 0.1) is 0 Å². The molecule has 0 aliphatic rings. The van der Waals surface area contributed by atoms with E-state index in [0.717, 1.165) is 23.4 Å². The molecule has 0 aliphatic carbocycles. The lowest BCUT2D eigenvalue weighted by atomic mass is 9.94. The summed E-state index contributed by atoms with van der Waals surface area (Å²) in [6.07, 6.45) is 3.93. The molecule has 0 spiro atoms. The molecule has 1 atom stereocenters. The molecule has 0 bridgehead atoms. The Morgan fingerprint density at radius 1 is 1.22 bits per heavy atom. The van der Waals surface area contributed by atoms with E-state index < -0.39 is 5.97 Å². The van der Waals surface area contributed by atoms with E-state index >= 15 is 0 Å². The number of carboxylic acids is 1. The molecule has 3 rings (SSSR count). The maximum absolute atomic E-state index is 12.5. The van der Waals surface area contributed by atoms with Crippen molar-refractivity contribution in [3.63, 3.8) is 0 Å². The number of carbonyl (C=O) groups is 2. The summed E-state index contributed by atoms with van der Waals surface area (Å²) in [7, 11) is 1.91. The fourth-order valence-corrected chi connectivity index (χ4v) is 2.89. The van der Waals surface area contributed by atoms with Crippen LogP contribution in [0.5, 0.6) is 0 Å². The minimum atomic E-state index is -1.08. The van der Waals surface area contributed by atoms with Gasteiger partial charge in [-0.05, 0) is 29.2 Å². The lowest BCUT2D eigenvalue weighted by molar-refractivity contribution is 0.0696. The van der Waals surface area contributed by atoms with E-state index in [2.05, 4.69) is 22.1 Å². The Morgan fingerprint density at radius 2 is 2.04 bits per heavy atom. The number of aromatic carboxylic acids is 1. The fraction of sp³-hybridized carbons (Fsp3) is 0.250. The van der Waals surface area contributed by atoms with Gasteiger partial charge in [0, 0.05) is 26.1 Å². The van der Waals surface area contributed by atoms with Crippen LogP contribution < -0.4 is 0 Å². The van der Waals surface area contributed by atoms with E-state index in [1.165, 1.54) is 18.3 Å². The molecule has 7 nitrogen and oxygen atoms in total. The molecule has 0 unspecified atom stereocenters. The number of aromatic nitrogens is 4. The number of Topliss-reactive ketones (excluding diaryl/α,β-unsaturated/α-hetero) is 1. The molecule has 138 valence electrons. The Morgan fingerprint density at radius 3 is 2.74 bits per heavy atom. The molecule has 0 saturated carbocycles. The van der Waals surface area contributed by atoms with Gasteiger partial charge < -0.3 is 9.67 Å². The smallest absolute Gasteiger partial charge is 0.335 e. The summed E-state index contributed by atoms with van der Waals surface area (Å²) in [5.41, 5.74) is 2.19. The highest BCUT2D eigenvalue weighted by molar-refractivity contribution is 5.98. The minimum Gasteiger partial charge on any atom is -0.478 e. The summed E-state index contributed by atoms with van der Waals surface area (Å²) >= 11 is 0. The van der Waals surface area contributed by atoms with Crippen molar-refractivity contribution in [1.82, 2.24) is 19.7 Å². The Hall–Kier alpha value is -3.35. The molecule has 0 amide bonds. The molecule has 2 heterocycles. The Kier molecular flexibility index (Phi) is 5.40. The maximum Gasteiger partial charge on any atom is 0.335 e. The predicted molar refractivity (Wildman–Crippen MR) is 98.8 cm³/mol. The molecule has 0 saturated heterocycles. The molecule has 27 heavy (non-hydrogen) atoms. The standard InChI is InChI=1S/C20H20N4O3/c1-13(8-19-23-22-12-24(19)2)15-5-3-4-14(9-15)10-18(25)17-11-16(20(26)27)6-7-21-17/h3-7,9,11-13H,8,10H2,1-2H3,(H,26,27)/t13-/m1/s1. The third kappa shape index (κ3) is 4.44. The van der Waals surface area contributed by atoms with Gasteiger partial charge in [0.1, 0.15) is 17.8 Å². The Balaban J connectivity index is 1.73. The summed E-state index contributed by atoms with van der Waals surface area (Å²) in [6.45, 7) is 2.10. The summed E-state index contributed by atoms with van der Waals surface area (Å²) < 4.78 is 1.89. The molecule has 2 aromatic heterocycles. The predicted octanol–water partition coefficient (Wildman–Crippen LogP) is 2.68. The van der Waals surface area contributed by atoms with Crippen LogP contribution in [0.2, 0.25) is 0 Å². The highest BCUT2D eigenvalue weighted by Gasteiger charge is 2.14. The van der Waals surface area contributed by atoms with E-state index in [9.17, 15) is 9.59 Å². The second-order valence-corrected chi connectivity index (χ2v) is 6.54. The van der Waals surface area contributed by atoms with Crippen LogP contribution in [0.4, 0.5) is 0 Å². The highest BCUT2D eigenvalue weighted by atomic mass is 16.4. The van der Waals surface area contributed by atoms with Gasteiger partial charge in [-0.15, -0.1) is 10.2 Å². The van der Waals surface area contributed by atoms with Gasteiger partial charge in [0.2, 0.25) is 0 Å². The SMILES string of the molecule is C[C@H](Cc1nncn1C)c1cccc(CC(=O)c2cc(C(=O)O)ccn2)c1. The van der Waals surface area contributed by atoms with Gasteiger partial charge in [-0.2, -0.15) is 0 Å². The quantitative estimate of drug-likeness (QED) is 0.647. The van der Waals surface area contributed by atoms with Crippen molar-refractivity contribution < 1.29 is 14.7 Å². The molecular formula is C20H20N4O3. The number of hydrogen-bond acceptors (Lipinski definition) is 5. The summed E-state index contributed by atoms with van der Waals surface area (Å²) in [6, 6.07) is 10.5. The van der Waals surface area contributed by atoms with E-state index in [0.29, 0.717) is 0 Å². The monoisotopic (exact) mass is 364 g/mol. The first kappa shape index (κ1) is 18.4. The van der Waals surface area contributed by atoms with Gasteiger partial charge in [-0.25, -0.2) is 4.79 Å². The number of ketones is 1. The molecule has 1 aromatic carbocycles. The molecule has 3 aromatic rings. The number of hydrogen-bond donors (Lipinski definition) is 1. The van der Waals surface area contributed by atoms with Crippen LogP contribution in [0.3, 0.4) is 0 Å². The molecular weight excluding hydrogens is 344 g/mol. The van der Waals surface area contributed by atoms with Crippen molar-refractivity contribution in [2.45, 2.75) is 25.7 Å². The van der Waals surface area contributed by atoms with E-state index in [1.54, 1.807) is 6.33 Å². The minimum absolute atomic E-state index is 0.0550. The zero-order valence-electron chi connectivity index (χ0n) is 15.2. The van der Waals surface area contributed by atoms with Gasteiger partial charge >= 0.3 is 5.97 Å². The van der Waals surface area contributed by atoms with Crippen molar-refractivity contribution in [3.8, 4) is 0 Å². The number of carboxylic acid groups (broad SMARTS) is 1. The largest absolute Gasteiger partial charge is 0.478 e. The van der Waals surface area contributed by atoms with Crippen LogP contribution in [0.1, 0.15) is 50.6 Å². The second kappa shape index (κ2) is 7.90. The molecule has 0 radical (unpaired) electrons. The van der Waals surface area contributed by atoms with E-state index in [4.69, 9.17) is 5.11 Å². The zero-order chi connectivity index (χ0) is 19.4. The molecule has 7 heteroatoms. The fourth-order valence-electron chi connectivity index (χ4n) is 2.89. The summed E-state index contributed by atoms with van der Waals surface area (Å²) in [5.74, 6) is -0.169. The number of rotatable bonds is 7. The number of carbonyl (C=O) groups excluding carboxylic acids is 1. The van der Waals surface area contributed by atoms with Crippen molar-refractivity contribution in [2.24, 2.45) is 7.05 Å². The van der Waals surface area contributed by atoms with Gasteiger partial charge in [-0.3, -0.25) is 9.78 Å². The third-order valence-corrected chi connectivity index (χ3v) is 4.47. The van der Waals surface area contributed by atoms with Crippen molar-refractivity contribution in [1.29, 1.82) is 0 Å². The number of nitrogens with zero attached hydrogens (tertiary/aromatic N) is 4. The van der Waals surface area contributed by atoms with Crippen LogP contribution in [0.25, 0.3) is 0 Å². The summed E-state index contributed by atoms with van der Waals surface area (Å²) in [5, 5.41) is 17.1. The lowest BCUT2D eigenvalue weighted by Crippen LogP contribution is -2.09. The van der Waals surface area contributed by atoms with Crippen LogP contribution in [-0.2, 0) is 19.9 Å². The van der Waals surface area contributed by atoms with Gasteiger partial charge in [0.25, 0.3) is 0 Å². The molecule has 0 aliphatic heterocycles. The third-order valence-electron chi connectivity index (χ3n) is 4.47. The second-order valence-electron chi connectivity index (χ2n) is 6.54. The average molecular weight is 364 g/mol. The Labute approximate surface area is 156 Å². The average Bonchev–Trinajstić information content (AvgIpc) is 3.06. The first-order chi connectivity index (χ1) is 12.9. The zero-order valence-corrected chi connectivity index (χ0v) is 15.2. The number of benzene rings is 1. The van der Waals surface area contributed by atoms with Gasteiger partial charge in [0.05, 0.1) is 5.56 Å². The van der Waals surface area contributed by atoms with Crippen molar-refractivity contribution in [2.75, 3.05) is 0 Å². The van der Waals surface area contributed by atoms with Gasteiger partial charge in [0.15, 0.2) is 5.78 Å². The van der Waals surface area contributed by atoms with Crippen LogP contribution in [0.15, 0.2) is 48.9 Å². The van der Waals surface area contributed by atoms with Gasteiger partial charge in [-0.1, -0.05) is 31.2 Å². The lowest BCUT2D eigenvalue weighted by Gasteiger charge is -2.12. The topological polar surface area (TPSA) is 98.0 Å². The number of pyridine rings is 1. The van der Waals surface area contributed by atoms with Crippen LogP contribution >= 0.6 is 0 Å². The highest BCUT2D eigenvalue weighted by Crippen LogP contribution is 2.21. The summed E-state index contributed by atoms with van der Waals surface area (Å²) in [4.78, 5) is 27.6. The Bertz CT molecular complexity index is 981.